The minimum atomic E-state index is -0.599. The van der Waals surface area contributed by atoms with Crippen molar-refractivity contribution in [2.75, 3.05) is 32.4 Å². The Labute approximate surface area is 185 Å². The van der Waals surface area contributed by atoms with Crippen LogP contribution in [0.1, 0.15) is 25.1 Å². The summed E-state index contributed by atoms with van der Waals surface area (Å²) in [5.74, 6) is 3.05. The molecule has 0 unspecified atom stereocenters. The SMILES string of the molecule is CCCSc1nnc2c(n1)O[C@@H](c1cc(OC)c(OC)cc1OC)Nc1ccccc1-2. The van der Waals surface area contributed by atoms with Gasteiger partial charge in [0.05, 0.1) is 26.9 Å². The molecule has 1 atom stereocenters. The first-order valence-electron chi connectivity index (χ1n) is 9.88. The molecule has 162 valence electrons. The summed E-state index contributed by atoms with van der Waals surface area (Å²) in [4.78, 5) is 4.65. The van der Waals surface area contributed by atoms with Crippen molar-refractivity contribution in [2.45, 2.75) is 24.7 Å². The van der Waals surface area contributed by atoms with Crippen LogP contribution in [0.3, 0.4) is 0 Å². The van der Waals surface area contributed by atoms with Crippen LogP contribution in [0.25, 0.3) is 11.3 Å². The monoisotopic (exact) mass is 440 g/mol. The summed E-state index contributed by atoms with van der Waals surface area (Å²) < 4.78 is 22.9. The van der Waals surface area contributed by atoms with Crippen LogP contribution in [-0.2, 0) is 0 Å². The van der Waals surface area contributed by atoms with Crippen LogP contribution < -0.4 is 24.3 Å². The summed E-state index contributed by atoms with van der Waals surface area (Å²) in [5.41, 5.74) is 3.05. The average Bonchev–Trinajstić information content (AvgIpc) is 2.98. The van der Waals surface area contributed by atoms with Gasteiger partial charge in [-0.05, 0) is 18.6 Å². The zero-order chi connectivity index (χ0) is 21.8. The van der Waals surface area contributed by atoms with E-state index in [-0.39, 0.29) is 0 Å². The van der Waals surface area contributed by atoms with Gasteiger partial charge >= 0.3 is 0 Å². The minimum Gasteiger partial charge on any atom is -0.496 e. The average molecular weight is 441 g/mol. The number of anilines is 1. The van der Waals surface area contributed by atoms with Crippen molar-refractivity contribution in [2.24, 2.45) is 0 Å². The molecule has 2 heterocycles. The summed E-state index contributed by atoms with van der Waals surface area (Å²) in [6, 6.07) is 11.4. The van der Waals surface area contributed by atoms with E-state index in [1.807, 2.05) is 30.3 Å². The third-order valence-corrected chi connectivity index (χ3v) is 5.83. The molecule has 1 aliphatic rings. The van der Waals surface area contributed by atoms with Crippen LogP contribution in [0.4, 0.5) is 5.69 Å². The van der Waals surface area contributed by atoms with Crippen molar-refractivity contribution >= 4 is 17.4 Å². The van der Waals surface area contributed by atoms with E-state index in [0.717, 1.165) is 29.0 Å². The summed E-state index contributed by atoms with van der Waals surface area (Å²) in [7, 11) is 4.78. The molecule has 8 nitrogen and oxygen atoms in total. The van der Waals surface area contributed by atoms with Crippen LogP contribution >= 0.6 is 11.8 Å². The molecule has 0 bridgehead atoms. The fraction of sp³-hybridized carbons (Fsp3) is 0.318. The van der Waals surface area contributed by atoms with Crippen LogP contribution in [0.15, 0.2) is 41.6 Å². The van der Waals surface area contributed by atoms with Crippen molar-refractivity contribution in [3.05, 3.63) is 42.0 Å². The second kappa shape index (κ2) is 9.30. The molecule has 0 aliphatic carbocycles. The predicted molar refractivity (Wildman–Crippen MR) is 119 cm³/mol. The number of para-hydroxylation sites is 1. The molecule has 3 aromatic rings. The number of methoxy groups -OCH3 is 3. The molecule has 1 N–H and O–H groups in total. The molecule has 4 rings (SSSR count). The lowest BCUT2D eigenvalue weighted by atomic mass is 10.1. The van der Waals surface area contributed by atoms with Crippen LogP contribution in [0.5, 0.6) is 23.1 Å². The molecule has 0 fully saturated rings. The lowest BCUT2D eigenvalue weighted by Crippen LogP contribution is -2.18. The number of ether oxygens (including phenoxy) is 4. The summed E-state index contributed by atoms with van der Waals surface area (Å²) in [5, 5.41) is 12.7. The zero-order valence-corrected chi connectivity index (χ0v) is 18.7. The molecular formula is C22H24N4O4S. The van der Waals surface area contributed by atoms with E-state index in [4.69, 9.17) is 18.9 Å². The van der Waals surface area contributed by atoms with E-state index in [2.05, 4.69) is 27.4 Å². The Balaban J connectivity index is 1.83. The highest BCUT2D eigenvalue weighted by Crippen LogP contribution is 2.43. The highest BCUT2D eigenvalue weighted by Gasteiger charge is 2.29. The second-order valence-electron chi connectivity index (χ2n) is 6.73. The summed E-state index contributed by atoms with van der Waals surface area (Å²) in [6.45, 7) is 2.11. The first kappa shape index (κ1) is 21.0. The Morgan fingerprint density at radius 3 is 2.48 bits per heavy atom. The Morgan fingerprint density at radius 1 is 1.00 bits per heavy atom. The smallest absolute Gasteiger partial charge is 0.247 e. The van der Waals surface area contributed by atoms with Gasteiger partial charge in [-0.3, -0.25) is 0 Å². The van der Waals surface area contributed by atoms with E-state index in [1.165, 1.54) is 0 Å². The van der Waals surface area contributed by atoms with E-state index in [9.17, 15) is 0 Å². The number of nitrogens with one attached hydrogen (secondary N) is 1. The van der Waals surface area contributed by atoms with Crippen molar-refractivity contribution < 1.29 is 18.9 Å². The van der Waals surface area contributed by atoms with Gasteiger partial charge in [0.25, 0.3) is 0 Å². The van der Waals surface area contributed by atoms with E-state index >= 15 is 0 Å². The Bertz CT molecular complexity index is 1080. The highest BCUT2D eigenvalue weighted by atomic mass is 32.2. The maximum atomic E-state index is 6.35. The number of thioether (sulfide) groups is 1. The molecule has 0 saturated heterocycles. The maximum Gasteiger partial charge on any atom is 0.247 e. The quantitative estimate of drug-likeness (QED) is 0.531. The molecule has 0 spiro atoms. The predicted octanol–water partition coefficient (Wildman–Crippen LogP) is 4.57. The Morgan fingerprint density at radius 2 is 1.74 bits per heavy atom. The topological polar surface area (TPSA) is 87.6 Å². The largest absolute Gasteiger partial charge is 0.496 e. The molecule has 0 radical (unpaired) electrons. The second-order valence-corrected chi connectivity index (χ2v) is 7.80. The number of rotatable bonds is 7. The molecule has 31 heavy (non-hydrogen) atoms. The van der Waals surface area contributed by atoms with Gasteiger partial charge in [-0.15, -0.1) is 10.2 Å². The number of benzene rings is 2. The lowest BCUT2D eigenvalue weighted by Gasteiger charge is -2.22. The summed E-state index contributed by atoms with van der Waals surface area (Å²) in [6.07, 6.45) is 0.417. The number of aromatic nitrogens is 3. The Kier molecular flexibility index (Phi) is 6.31. The summed E-state index contributed by atoms with van der Waals surface area (Å²) >= 11 is 1.55. The van der Waals surface area contributed by atoms with Gasteiger partial charge in [0.2, 0.25) is 17.3 Å². The van der Waals surface area contributed by atoms with Gasteiger partial charge in [0, 0.05) is 23.1 Å². The van der Waals surface area contributed by atoms with Gasteiger partial charge in [0.15, 0.2) is 17.2 Å². The van der Waals surface area contributed by atoms with Gasteiger partial charge in [-0.2, -0.15) is 4.98 Å². The van der Waals surface area contributed by atoms with Crippen LogP contribution in [-0.4, -0.2) is 42.3 Å². The first-order chi connectivity index (χ1) is 15.2. The minimum absolute atomic E-state index is 0.410. The highest BCUT2D eigenvalue weighted by molar-refractivity contribution is 7.99. The van der Waals surface area contributed by atoms with Crippen LogP contribution in [0, 0.1) is 0 Å². The molecule has 0 saturated carbocycles. The van der Waals surface area contributed by atoms with Gasteiger partial charge in [-0.1, -0.05) is 36.9 Å². The van der Waals surface area contributed by atoms with Crippen molar-refractivity contribution in [1.82, 2.24) is 15.2 Å². The van der Waals surface area contributed by atoms with Crippen LogP contribution in [0.2, 0.25) is 0 Å². The van der Waals surface area contributed by atoms with Crippen molar-refractivity contribution in [3.63, 3.8) is 0 Å². The molecule has 2 aromatic carbocycles. The van der Waals surface area contributed by atoms with Crippen molar-refractivity contribution in [3.8, 4) is 34.4 Å². The third kappa shape index (κ3) is 4.18. The van der Waals surface area contributed by atoms with Gasteiger partial charge in [-0.25, -0.2) is 0 Å². The molecule has 9 heteroatoms. The lowest BCUT2D eigenvalue weighted by molar-refractivity contribution is 0.218. The standard InChI is InChI=1S/C22H24N4O4S/c1-5-10-31-22-24-21-19(25-26-22)13-8-6-7-9-15(13)23-20(30-21)14-11-17(28-3)18(29-4)12-16(14)27-2/h6-9,11-12,20,23H,5,10H2,1-4H3/t20-/m0/s1. The fourth-order valence-electron chi connectivity index (χ4n) is 3.30. The van der Waals surface area contributed by atoms with Gasteiger partial charge < -0.3 is 24.3 Å². The zero-order valence-electron chi connectivity index (χ0n) is 17.8. The fourth-order valence-corrected chi connectivity index (χ4v) is 3.93. The van der Waals surface area contributed by atoms with Gasteiger partial charge in [0.1, 0.15) is 5.75 Å². The molecule has 1 aromatic heterocycles. The van der Waals surface area contributed by atoms with Crippen molar-refractivity contribution in [1.29, 1.82) is 0 Å². The number of nitrogens with zero attached hydrogens (tertiary/aromatic N) is 3. The number of fused-ring (bicyclic) bond motifs is 3. The van der Waals surface area contributed by atoms with E-state index in [1.54, 1.807) is 39.2 Å². The molecule has 0 amide bonds. The number of hydrogen-bond donors (Lipinski definition) is 1. The number of hydrogen-bond acceptors (Lipinski definition) is 9. The Hall–Kier alpha value is -3.20. The molecule has 1 aliphatic heterocycles. The van der Waals surface area contributed by atoms with E-state index in [0.29, 0.717) is 34.0 Å². The normalized spacial score (nSPS) is 14.4. The molecular weight excluding hydrogens is 416 g/mol. The third-order valence-electron chi connectivity index (χ3n) is 4.79. The first-order valence-corrected chi connectivity index (χ1v) is 10.9. The maximum absolute atomic E-state index is 6.35. The van der Waals surface area contributed by atoms with E-state index < -0.39 is 6.23 Å².